The van der Waals surface area contributed by atoms with E-state index in [2.05, 4.69) is 17.2 Å². The highest BCUT2D eigenvalue weighted by Crippen LogP contribution is 2.11. The van der Waals surface area contributed by atoms with E-state index in [0.29, 0.717) is 5.56 Å². The van der Waals surface area contributed by atoms with E-state index in [9.17, 15) is 4.79 Å². The molecule has 1 aromatic heterocycles. The summed E-state index contributed by atoms with van der Waals surface area (Å²) in [4.78, 5) is 18.1. The first kappa shape index (κ1) is 13.5. The molecule has 0 bridgehead atoms. The Bertz CT molecular complexity index is 379. The van der Waals surface area contributed by atoms with Crippen molar-refractivity contribution in [2.45, 2.75) is 33.2 Å². The number of pyridine rings is 1. The molecule has 0 aliphatic carbocycles. The highest BCUT2D eigenvalue weighted by atomic mass is 16.2. The Kier molecular flexibility index (Phi) is 4.94. The fourth-order valence-corrected chi connectivity index (χ4v) is 1.52. The lowest BCUT2D eigenvalue weighted by Crippen LogP contribution is -2.34. The maximum atomic E-state index is 12.2. The van der Waals surface area contributed by atoms with Crippen LogP contribution in [-0.4, -0.2) is 35.4 Å². The average molecular weight is 235 g/mol. The largest absolute Gasteiger partial charge is 0.370 e. The summed E-state index contributed by atoms with van der Waals surface area (Å²) in [5.41, 5.74) is 0.679. The van der Waals surface area contributed by atoms with Gasteiger partial charge < -0.3 is 10.2 Å². The fraction of sp³-hybridized carbons (Fsp3) is 0.538. The van der Waals surface area contributed by atoms with Crippen molar-refractivity contribution in [2.24, 2.45) is 0 Å². The lowest BCUT2D eigenvalue weighted by Gasteiger charge is -2.23. The van der Waals surface area contributed by atoms with E-state index in [1.807, 2.05) is 20.9 Å². The van der Waals surface area contributed by atoms with Gasteiger partial charge in [0.05, 0.1) is 0 Å². The van der Waals surface area contributed by atoms with Crippen LogP contribution in [0.3, 0.4) is 0 Å². The van der Waals surface area contributed by atoms with Crippen molar-refractivity contribution in [1.82, 2.24) is 9.88 Å². The van der Waals surface area contributed by atoms with Crippen molar-refractivity contribution in [3.05, 3.63) is 23.9 Å². The van der Waals surface area contributed by atoms with Crippen LogP contribution in [0.4, 0.5) is 5.82 Å². The quantitative estimate of drug-likeness (QED) is 0.852. The summed E-state index contributed by atoms with van der Waals surface area (Å²) in [6.45, 7) is 6.92. The van der Waals surface area contributed by atoms with Crippen LogP contribution in [0, 0.1) is 0 Å². The smallest absolute Gasteiger partial charge is 0.254 e. The number of carbonyl (C=O) groups excluding carboxylic acids is 1. The zero-order chi connectivity index (χ0) is 12.8. The lowest BCUT2D eigenvalue weighted by molar-refractivity contribution is 0.0740. The minimum atomic E-state index is 0.0425. The van der Waals surface area contributed by atoms with Gasteiger partial charge in [0.2, 0.25) is 0 Å². The molecule has 0 saturated heterocycles. The van der Waals surface area contributed by atoms with Crippen LogP contribution in [-0.2, 0) is 0 Å². The van der Waals surface area contributed by atoms with Gasteiger partial charge in [-0.1, -0.05) is 6.92 Å². The van der Waals surface area contributed by atoms with E-state index >= 15 is 0 Å². The van der Waals surface area contributed by atoms with Crippen LogP contribution in [0.5, 0.6) is 0 Å². The van der Waals surface area contributed by atoms with Gasteiger partial charge in [0.1, 0.15) is 5.82 Å². The molecule has 0 aromatic carbocycles. The number of hydrogen-bond donors (Lipinski definition) is 1. The molecular weight excluding hydrogens is 214 g/mol. The van der Waals surface area contributed by atoms with Crippen molar-refractivity contribution in [2.75, 3.05) is 18.9 Å². The SMILES string of the molecule is CCNc1cc(C(=O)N(C)C(C)CC)ccn1. The van der Waals surface area contributed by atoms with Gasteiger partial charge in [-0.3, -0.25) is 4.79 Å². The van der Waals surface area contributed by atoms with Crippen LogP contribution in [0.2, 0.25) is 0 Å². The number of aromatic nitrogens is 1. The molecule has 17 heavy (non-hydrogen) atoms. The van der Waals surface area contributed by atoms with E-state index in [0.717, 1.165) is 18.8 Å². The summed E-state index contributed by atoms with van der Waals surface area (Å²) in [6.07, 6.45) is 2.61. The molecule has 0 fully saturated rings. The highest BCUT2D eigenvalue weighted by molar-refractivity contribution is 5.94. The molecule has 0 aliphatic heterocycles. The molecule has 4 nitrogen and oxygen atoms in total. The molecule has 1 aromatic rings. The first-order valence-corrected chi connectivity index (χ1v) is 6.07. The van der Waals surface area contributed by atoms with Gasteiger partial charge in [-0.25, -0.2) is 4.98 Å². The van der Waals surface area contributed by atoms with Gasteiger partial charge in [-0.05, 0) is 32.4 Å². The Balaban J connectivity index is 2.84. The van der Waals surface area contributed by atoms with Gasteiger partial charge in [-0.2, -0.15) is 0 Å². The molecule has 0 aliphatic rings. The number of hydrogen-bond acceptors (Lipinski definition) is 3. The predicted molar refractivity (Wildman–Crippen MR) is 70.2 cm³/mol. The summed E-state index contributed by atoms with van der Waals surface area (Å²) in [5, 5.41) is 3.10. The van der Waals surface area contributed by atoms with Gasteiger partial charge in [-0.15, -0.1) is 0 Å². The minimum absolute atomic E-state index is 0.0425. The molecule has 0 radical (unpaired) electrons. The van der Waals surface area contributed by atoms with E-state index in [-0.39, 0.29) is 11.9 Å². The van der Waals surface area contributed by atoms with Crippen molar-refractivity contribution in [3.8, 4) is 0 Å². The Morgan fingerprint density at radius 2 is 2.24 bits per heavy atom. The zero-order valence-electron chi connectivity index (χ0n) is 11.0. The van der Waals surface area contributed by atoms with Crippen molar-refractivity contribution in [3.63, 3.8) is 0 Å². The van der Waals surface area contributed by atoms with Crippen LogP contribution in [0.1, 0.15) is 37.6 Å². The molecule has 0 spiro atoms. The molecule has 1 amide bonds. The van der Waals surface area contributed by atoms with E-state index in [1.165, 1.54) is 0 Å². The van der Waals surface area contributed by atoms with Crippen molar-refractivity contribution in [1.29, 1.82) is 0 Å². The van der Waals surface area contributed by atoms with Gasteiger partial charge in [0.25, 0.3) is 5.91 Å². The summed E-state index contributed by atoms with van der Waals surface area (Å²) in [5.74, 6) is 0.789. The predicted octanol–water partition coefficient (Wildman–Crippen LogP) is 2.38. The van der Waals surface area contributed by atoms with E-state index in [1.54, 1.807) is 23.2 Å². The molecule has 1 rings (SSSR count). The van der Waals surface area contributed by atoms with Crippen molar-refractivity contribution >= 4 is 11.7 Å². The molecule has 1 unspecified atom stereocenters. The maximum absolute atomic E-state index is 12.2. The van der Waals surface area contributed by atoms with Gasteiger partial charge in [0, 0.05) is 31.4 Å². The molecule has 1 N–H and O–H groups in total. The number of rotatable bonds is 5. The third-order valence-corrected chi connectivity index (χ3v) is 2.94. The standard InChI is InChI=1S/C13H21N3O/c1-5-10(3)16(4)13(17)11-7-8-15-12(9-11)14-6-2/h7-10H,5-6H2,1-4H3,(H,14,15). The average Bonchev–Trinajstić information content (AvgIpc) is 2.36. The van der Waals surface area contributed by atoms with E-state index in [4.69, 9.17) is 0 Å². The molecule has 0 saturated carbocycles. The number of nitrogens with zero attached hydrogens (tertiary/aromatic N) is 2. The highest BCUT2D eigenvalue weighted by Gasteiger charge is 2.16. The van der Waals surface area contributed by atoms with Crippen LogP contribution >= 0.6 is 0 Å². The number of anilines is 1. The summed E-state index contributed by atoms with van der Waals surface area (Å²) < 4.78 is 0. The molecule has 1 atom stereocenters. The topological polar surface area (TPSA) is 45.2 Å². The third kappa shape index (κ3) is 3.44. The Hall–Kier alpha value is -1.58. The lowest BCUT2D eigenvalue weighted by atomic mass is 10.2. The second kappa shape index (κ2) is 6.23. The maximum Gasteiger partial charge on any atom is 0.254 e. The third-order valence-electron chi connectivity index (χ3n) is 2.94. The second-order valence-electron chi connectivity index (χ2n) is 4.13. The monoisotopic (exact) mass is 235 g/mol. The normalized spacial score (nSPS) is 12.0. The first-order chi connectivity index (χ1) is 8.10. The van der Waals surface area contributed by atoms with E-state index < -0.39 is 0 Å². The Morgan fingerprint density at radius 3 is 2.82 bits per heavy atom. The number of nitrogens with one attached hydrogen (secondary N) is 1. The zero-order valence-corrected chi connectivity index (χ0v) is 11.0. The summed E-state index contributed by atoms with van der Waals surface area (Å²) in [6, 6.07) is 3.80. The first-order valence-electron chi connectivity index (χ1n) is 6.07. The molecule has 1 heterocycles. The van der Waals surface area contributed by atoms with Crippen molar-refractivity contribution < 1.29 is 4.79 Å². The number of amides is 1. The minimum Gasteiger partial charge on any atom is -0.370 e. The van der Waals surface area contributed by atoms with Crippen LogP contribution < -0.4 is 5.32 Å². The second-order valence-corrected chi connectivity index (χ2v) is 4.13. The van der Waals surface area contributed by atoms with Gasteiger partial charge in [0.15, 0.2) is 0 Å². The summed E-state index contributed by atoms with van der Waals surface area (Å²) in [7, 11) is 1.84. The van der Waals surface area contributed by atoms with Crippen LogP contribution in [0.25, 0.3) is 0 Å². The molecule has 4 heteroatoms. The van der Waals surface area contributed by atoms with Crippen LogP contribution in [0.15, 0.2) is 18.3 Å². The number of carbonyl (C=O) groups is 1. The Morgan fingerprint density at radius 1 is 1.53 bits per heavy atom. The van der Waals surface area contributed by atoms with Gasteiger partial charge >= 0.3 is 0 Å². The molecular formula is C13H21N3O. The Labute approximate surface area is 103 Å². The summed E-state index contributed by atoms with van der Waals surface area (Å²) >= 11 is 0. The fourth-order valence-electron chi connectivity index (χ4n) is 1.52. The molecule has 94 valence electrons.